The molecule has 0 radical (unpaired) electrons. The van der Waals surface area contributed by atoms with Crippen molar-refractivity contribution < 1.29 is 14.3 Å². The summed E-state index contributed by atoms with van der Waals surface area (Å²) < 4.78 is 4.69. The highest BCUT2D eigenvalue weighted by Gasteiger charge is 2.23. The standard InChI is InChI=1S/C12H16N4O3/c1-19-12(18)16-6-2-5-15(7-8-16)11(17)10-9-13-3-4-14-10/h3-4,9H,2,5-8H2,1H3. The number of nitrogens with zero attached hydrogens (tertiary/aromatic N) is 4. The second-order valence-corrected chi connectivity index (χ2v) is 4.19. The first-order valence-corrected chi connectivity index (χ1v) is 6.10. The minimum atomic E-state index is -0.353. The summed E-state index contributed by atoms with van der Waals surface area (Å²) in [6.45, 7) is 2.14. The third-order valence-electron chi connectivity index (χ3n) is 3.00. The molecule has 0 aliphatic carbocycles. The van der Waals surface area contributed by atoms with E-state index in [0.717, 1.165) is 6.42 Å². The van der Waals surface area contributed by atoms with Crippen molar-refractivity contribution in [3.8, 4) is 0 Å². The number of aromatic nitrogens is 2. The van der Waals surface area contributed by atoms with Gasteiger partial charge in [-0.1, -0.05) is 0 Å². The summed E-state index contributed by atoms with van der Waals surface area (Å²) in [5.74, 6) is -0.153. The number of amides is 2. The molecule has 1 fully saturated rings. The fourth-order valence-electron chi connectivity index (χ4n) is 2.00. The molecule has 7 heteroatoms. The zero-order valence-electron chi connectivity index (χ0n) is 10.8. The quantitative estimate of drug-likeness (QED) is 0.733. The van der Waals surface area contributed by atoms with E-state index < -0.39 is 0 Å². The lowest BCUT2D eigenvalue weighted by atomic mass is 10.3. The first-order valence-electron chi connectivity index (χ1n) is 6.10. The van der Waals surface area contributed by atoms with Crippen LogP contribution in [0.4, 0.5) is 4.79 Å². The Labute approximate surface area is 111 Å². The molecule has 0 saturated carbocycles. The van der Waals surface area contributed by atoms with Crippen LogP contribution in [0, 0.1) is 0 Å². The molecule has 1 aromatic heterocycles. The van der Waals surface area contributed by atoms with Gasteiger partial charge >= 0.3 is 6.09 Å². The smallest absolute Gasteiger partial charge is 0.409 e. The fourth-order valence-corrected chi connectivity index (χ4v) is 2.00. The SMILES string of the molecule is COC(=O)N1CCCN(C(=O)c2cnccn2)CC1. The molecule has 0 atom stereocenters. The Hall–Kier alpha value is -2.18. The summed E-state index contributed by atoms with van der Waals surface area (Å²) in [5.41, 5.74) is 0.328. The molecule has 0 aromatic carbocycles. The van der Waals surface area contributed by atoms with Crippen LogP contribution < -0.4 is 0 Å². The first kappa shape index (κ1) is 13.3. The van der Waals surface area contributed by atoms with Crippen LogP contribution in [0.5, 0.6) is 0 Å². The lowest BCUT2D eigenvalue weighted by Gasteiger charge is -2.20. The third kappa shape index (κ3) is 3.18. The van der Waals surface area contributed by atoms with Gasteiger partial charge in [0.05, 0.1) is 13.3 Å². The molecule has 0 unspecified atom stereocenters. The van der Waals surface area contributed by atoms with E-state index in [-0.39, 0.29) is 12.0 Å². The number of ether oxygens (including phenoxy) is 1. The topological polar surface area (TPSA) is 75.6 Å². The molecule has 0 spiro atoms. The van der Waals surface area contributed by atoms with Crippen molar-refractivity contribution in [2.45, 2.75) is 6.42 Å². The molecule has 1 aliphatic rings. The van der Waals surface area contributed by atoms with E-state index in [1.165, 1.54) is 25.7 Å². The summed E-state index contributed by atoms with van der Waals surface area (Å²) in [6, 6.07) is 0. The zero-order valence-corrected chi connectivity index (χ0v) is 10.8. The second kappa shape index (κ2) is 6.12. The molecule has 1 aliphatic heterocycles. The molecule has 2 heterocycles. The molecule has 19 heavy (non-hydrogen) atoms. The lowest BCUT2D eigenvalue weighted by Crippen LogP contribution is -2.37. The van der Waals surface area contributed by atoms with Crippen molar-refractivity contribution in [1.82, 2.24) is 19.8 Å². The van der Waals surface area contributed by atoms with Crippen LogP contribution in [0.25, 0.3) is 0 Å². The van der Waals surface area contributed by atoms with E-state index in [1.807, 2.05) is 0 Å². The largest absolute Gasteiger partial charge is 0.453 e. The van der Waals surface area contributed by atoms with Gasteiger partial charge in [0.2, 0.25) is 0 Å². The molecule has 2 rings (SSSR count). The van der Waals surface area contributed by atoms with Crippen LogP contribution in [0.2, 0.25) is 0 Å². The first-order chi connectivity index (χ1) is 9.22. The predicted molar refractivity (Wildman–Crippen MR) is 66.5 cm³/mol. The summed E-state index contributed by atoms with van der Waals surface area (Å²) in [5, 5.41) is 0. The fraction of sp³-hybridized carbons (Fsp3) is 0.500. The Morgan fingerprint density at radius 1 is 1.16 bits per heavy atom. The second-order valence-electron chi connectivity index (χ2n) is 4.19. The normalized spacial score (nSPS) is 15.8. The molecule has 102 valence electrons. The summed E-state index contributed by atoms with van der Waals surface area (Å²) in [7, 11) is 1.36. The van der Waals surface area contributed by atoms with Crippen LogP contribution in [-0.4, -0.2) is 65.1 Å². The number of rotatable bonds is 1. The van der Waals surface area contributed by atoms with Gasteiger partial charge in [-0.25, -0.2) is 9.78 Å². The van der Waals surface area contributed by atoms with E-state index in [4.69, 9.17) is 0 Å². The van der Waals surface area contributed by atoms with Crippen molar-refractivity contribution in [3.05, 3.63) is 24.3 Å². The van der Waals surface area contributed by atoms with E-state index in [9.17, 15) is 9.59 Å². The summed E-state index contributed by atoms with van der Waals surface area (Å²) in [6.07, 6.45) is 4.84. The Bertz CT molecular complexity index is 452. The van der Waals surface area contributed by atoms with Gasteiger partial charge in [0, 0.05) is 38.6 Å². The number of carbonyl (C=O) groups excluding carboxylic acids is 2. The highest BCUT2D eigenvalue weighted by molar-refractivity contribution is 5.92. The Balaban J connectivity index is 2.00. The predicted octanol–water partition coefficient (Wildman–Crippen LogP) is 0.391. The van der Waals surface area contributed by atoms with Gasteiger partial charge < -0.3 is 14.5 Å². The van der Waals surface area contributed by atoms with Gasteiger partial charge in [0.15, 0.2) is 0 Å². The van der Waals surface area contributed by atoms with E-state index in [0.29, 0.717) is 31.9 Å². The Morgan fingerprint density at radius 3 is 2.58 bits per heavy atom. The maximum Gasteiger partial charge on any atom is 0.409 e. The number of carbonyl (C=O) groups is 2. The van der Waals surface area contributed by atoms with Crippen molar-refractivity contribution >= 4 is 12.0 Å². The number of hydrogen-bond acceptors (Lipinski definition) is 5. The summed E-state index contributed by atoms with van der Waals surface area (Å²) in [4.78, 5) is 34.8. The molecule has 1 saturated heterocycles. The van der Waals surface area contributed by atoms with Gasteiger partial charge in [-0.2, -0.15) is 0 Å². The van der Waals surface area contributed by atoms with E-state index >= 15 is 0 Å². The van der Waals surface area contributed by atoms with Gasteiger partial charge in [0.25, 0.3) is 5.91 Å². The van der Waals surface area contributed by atoms with Crippen molar-refractivity contribution in [1.29, 1.82) is 0 Å². The molecular weight excluding hydrogens is 248 g/mol. The molecule has 1 aromatic rings. The van der Waals surface area contributed by atoms with Crippen LogP contribution in [-0.2, 0) is 4.74 Å². The minimum absolute atomic E-state index is 0.153. The van der Waals surface area contributed by atoms with Crippen LogP contribution in [0.3, 0.4) is 0 Å². The highest BCUT2D eigenvalue weighted by atomic mass is 16.5. The van der Waals surface area contributed by atoms with Crippen molar-refractivity contribution in [2.24, 2.45) is 0 Å². The maximum atomic E-state index is 12.2. The maximum absolute atomic E-state index is 12.2. The minimum Gasteiger partial charge on any atom is -0.453 e. The monoisotopic (exact) mass is 264 g/mol. The summed E-state index contributed by atoms with van der Waals surface area (Å²) >= 11 is 0. The zero-order chi connectivity index (χ0) is 13.7. The van der Waals surface area contributed by atoms with Crippen molar-refractivity contribution in [2.75, 3.05) is 33.3 Å². The Morgan fingerprint density at radius 2 is 1.89 bits per heavy atom. The van der Waals surface area contributed by atoms with Crippen molar-refractivity contribution in [3.63, 3.8) is 0 Å². The number of methoxy groups -OCH3 is 1. The molecule has 7 nitrogen and oxygen atoms in total. The molecule has 2 amide bonds. The molecular formula is C12H16N4O3. The van der Waals surface area contributed by atoms with Gasteiger partial charge in [-0.05, 0) is 6.42 Å². The average molecular weight is 264 g/mol. The van der Waals surface area contributed by atoms with Crippen LogP contribution >= 0.6 is 0 Å². The van der Waals surface area contributed by atoms with Gasteiger partial charge in [-0.3, -0.25) is 9.78 Å². The molecule has 0 bridgehead atoms. The molecule has 0 N–H and O–H groups in total. The third-order valence-corrected chi connectivity index (χ3v) is 3.00. The Kier molecular flexibility index (Phi) is 4.27. The van der Waals surface area contributed by atoms with Crippen LogP contribution in [0.15, 0.2) is 18.6 Å². The number of hydrogen-bond donors (Lipinski definition) is 0. The lowest BCUT2D eigenvalue weighted by molar-refractivity contribution is 0.0751. The highest BCUT2D eigenvalue weighted by Crippen LogP contribution is 2.07. The van der Waals surface area contributed by atoms with E-state index in [1.54, 1.807) is 9.80 Å². The van der Waals surface area contributed by atoms with Gasteiger partial charge in [-0.15, -0.1) is 0 Å². The van der Waals surface area contributed by atoms with Crippen LogP contribution in [0.1, 0.15) is 16.9 Å². The van der Waals surface area contributed by atoms with E-state index in [2.05, 4.69) is 14.7 Å². The van der Waals surface area contributed by atoms with Gasteiger partial charge in [0.1, 0.15) is 5.69 Å². The average Bonchev–Trinajstić information content (AvgIpc) is 2.72.